The number of carbonyl (C=O) groups excluding carboxylic acids is 2. The van der Waals surface area contributed by atoms with Gasteiger partial charge in [0.15, 0.2) is 11.7 Å². The summed E-state index contributed by atoms with van der Waals surface area (Å²) < 4.78 is 23.7. The van der Waals surface area contributed by atoms with Crippen LogP contribution >= 0.6 is 0 Å². The predicted octanol–water partition coefficient (Wildman–Crippen LogP) is 1.12. The van der Waals surface area contributed by atoms with Crippen LogP contribution in [0.4, 0.5) is 0 Å². The van der Waals surface area contributed by atoms with Crippen molar-refractivity contribution in [3.05, 3.63) is 23.3 Å². The van der Waals surface area contributed by atoms with Gasteiger partial charge in [0.25, 0.3) is 5.91 Å². The van der Waals surface area contributed by atoms with E-state index in [9.17, 15) is 30.0 Å². The molecule has 11 heteroatoms. The number of fused-ring (bicyclic) bond motifs is 1. The number of hydrogen-bond acceptors (Lipinski definition) is 10. The van der Waals surface area contributed by atoms with Crippen LogP contribution < -0.4 is 5.32 Å². The van der Waals surface area contributed by atoms with Crippen molar-refractivity contribution in [2.75, 3.05) is 20.3 Å². The lowest BCUT2D eigenvalue weighted by Gasteiger charge is -2.44. The van der Waals surface area contributed by atoms with Crippen molar-refractivity contribution in [2.45, 2.75) is 114 Å². The minimum Gasteiger partial charge on any atom is -0.458 e. The predicted molar refractivity (Wildman–Crippen MR) is 147 cm³/mol. The zero-order chi connectivity index (χ0) is 30.5. The molecule has 4 rings (SSSR count). The van der Waals surface area contributed by atoms with Crippen LogP contribution in [0.15, 0.2) is 23.3 Å². The van der Waals surface area contributed by atoms with Gasteiger partial charge in [-0.2, -0.15) is 0 Å². The van der Waals surface area contributed by atoms with Crippen LogP contribution in [0.1, 0.15) is 67.2 Å². The minimum atomic E-state index is -2.39. The fourth-order valence-electron chi connectivity index (χ4n) is 7.54. The van der Waals surface area contributed by atoms with E-state index < -0.39 is 72.0 Å². The number of aliphatic hydroxyl groups excluding tert-OH is 2. The van der Waals surface area contributed by atoms with E-state index in [0.717, 1.165) is 11.1 Å². The van der Waals surface area contributed by atoms with E-state index in [4.69, 9.17) is 18.9 Å². The monoisotopic (exact) mass is 581 g/mol. The first kappa shape index (κ1) is 32.1. The number of esters is 1. The average molecular weight is 582 g/mol. The number of ether oxygens (including phenoxy) is 4. The Hall–Kier alpha value is -1.86. The first-order valence-corrected chi connectivity index (χ1v) is 14.6. The van der Waals surface area contributed by atoms with Crippen molar-refractivity contribution < 1.29 is 49.0 Å². The smallest absolute Gasteiger partial charge is 0.338 e. The highest BCUT2D eigenvalue weighted by molar-refractivity contribution is 5.86. The number of aliphatic hydroxyl groups is 4. The quantitative estimate of drug-likeness (QED) is 0.235. The third-order valence-electron chi connectivity index (χ3n) is 9.81. The molecule has 0 aromatic carbocycles. The molecule has 1 aliphatic carbocycles. The second kappa shape index (κ2) is 11.3. The molecule has 41 heavy (non-hydrogen) atoms. The van der Waals surface area contributed by atoms with Crippen molar-refractivity contribution >= 4 is 11.9 Å². The highest BCUT2D eigenvalue weighted by Crippen LogP contribution is 2.63. The Morgan fingerprint density at radius 2 is 1.88 bits per heavy atom. The molecule has 2 saturated heterocycles. The van der Waals surface area contributed by atoms with Crippen molar-refractivity contribution in [3.8, 4) is 0 Å². The zero-order valence-electron chi connectivity index (χ0n) is 25.2. The largest absolute Gasteiger partial charge is 0.458 e. The maximum atomic E-state index is 13.7. The van der Waals surface area contributed by atoms with E-state index in [1.54, 1.807) is 0 Å². The zero-order valence-corrected chi connectivity index (χ0v) is 25.2. The van der Waals surface area contributed by atoms with Gasteiger partial charge in [-0.25, -0.2) is 4.79 Å². The van der Waals surface area contributed by atoms with Crippen LogP contribution in [-0.4, -0.2) is 99.6 Å². The van der Waals surface area contributed by atoms with E-state index in [0.29, 0.717) is 6.42 Å². The van der Waals surface area contributed by atoms with Crippen molar-refractivity contribution in [1.29, 1.82) is 0 Å². The molecule has 3 aliphatic heterocycles. The standard InChI is InChI=1S/C30H47NO10/c1-8-16(2)11-29(36)26(35)31-14-20(33)23(38-7)25(34)39-19(15-32)10-9-17(3)22-18(4)12-27(5)24(22)28(6)21(40-27)13-30(29,37)41-28/h9,12,16,19-24,32-33,36-37H,8,10-11,13-15H2,1-7H3,(H,31,35)/b17-9+/t16-,19-,20-,21+,22+,23+,24-,27+,28-,29+,30+/m0/s1. The van der Waals surface area contributed by atoms with Crippen LogP contribution in [0.25, 0.3) is 0 Å². The maximum absolute atomic E-state index is 13.7. The lowest BCUT2D eigenvalue weighted by molar-refractivity contribution is -0.307. The number of cyclic esters (lactones) is 1. The molecule has 3 heterocycles. The van der Waals surface area contributed by atoms with Gasteiger partial charge in [0.2, 0.25) is 5.79 Å². The fourth-order valence-corrected chi connectivity index (χ4v) is 7.54. The van der Waals surface area contributed by atoms with Crippen molar-refractivity contribution in [3.63, 3.8) is 0 Å². The van der Waals surface area contributed by atoms with Gasteiger partial charge < -0.3 is 44.7 Å². The van der Waals surface area contributed by atoms with Crippen molar-refractivity contribution in [2.24, 2.45) is 17.8 Å². The Morgan fingerprint density at radius 3 is 2.49 bits per heavy atom. The van der Waals surface area contributed by atoms with Gasteiger partial charge in [0.05, 0.1) is 18.3 Å². The first-order chi connectivity index (χ1) is 19.1. The molecule has 11 nitrogen and oxygen atoms in total. The van der Waals surface area contributed by atoms with E-state index in [1.807, 2.05) is 47.6 Å². The van der Waals surface area contributed by atoms with Gasteiger partial charge in [0.1, 0.15) is 17.8 Å². The maximum Gasteiger partial charge on any atom is 0.338 e. The molecule has 0 unspecified atom stereocenters. The second-order valence-corrected chi connectivity index (χ2v) is 12.8. The second-order valence-electron chi connectivity index (χ2n) is 12.8. The van der Waals surface area contributed by atoms with Gasteiger partial charge in [-0.3, -0.25) is 4.79 Å². The summed E-state index contributed by atoms with van der Waals surface area (Å²) in [4.78, 5) is 26.6. The van der Waals surface area contributed by atoms with Gasteiger partial charge in [0, 0.05) is 38.3 Å². The van der Waals surface area contributed by atoms with Crippen LogP contribution in [0, 0.1) is 17.8 Å². The normalized spacial score (nSPS) is 47.2. The number of carbonyl (C=O) groups is 2. The van der Waals surface area contributed by atoms with E-state index >= 15 is 0 Å². The molecule has 2 fully saturated rings. The Kier molecular flexibility index (Phi) is 8.86. The Morgan fingerprint density at radius 1 is 1.20 bits per heavy atom. The van der Waals surface area contributed by atoms with Gasteiger partial charge in [-0.1, -0.05) is 43.6 Å². The van der Waals surface area contributed by atoms with Gasteiger partial charge in [-0.15, -0.1) is 0 Å². The molecule has 0 radical (unpaired) electrons. The molecule has 5 N–H and O–H groups in total. The topological polar surface area (TPSA) is 164 Å². The molecular weight excluding hydrogens is 534 g/mol. The Bertz CT molecular complexity index is 1090. The number of rotatable bonds is 5. The molecule has 0 aromatic heterocycles. The van der Waals surface area contributed by atoms with Crippen molar-refractivity contribution in [1.82, 2.24) is 5.32 Å². The SMILES string of the molecule is CC[C@H](C)C[C@@]1(O)C(=O)NC[C@H](O)[C@@H](OC)C(=O)O[C@H](CO)C/C=C(\C)[C@@H]2C(C)=C[C@@]3(C)O[C@@H]4C[C@@]1(O)O[C@]4(C)[C@@H]23. The average Bonchev–Trinajstić information content (AvgIpc) is 3.40. The molecular formula is C30H47NO10. The fraction of sp³-hybridized carbons (Fsp3) is 0.800. The summed E-state index contributed by atoms with van der Waals surface area (Å²) in [6, 6.07) is 0. The van der Waals surface area contributed by atoms with E-state index in [-0.39, 0.29) is 37.0 Å². The summed E-state index contributed by atoms with van der Waals surface area (Å²) in [6.07, 6.45) is 0.0524. The number of β-amino-alcohol motifs (C(OH)–C–C–N with tert-alkyl or cyclic N) is 1. The third kappa shape index (κ3) is 5.28. The lowest BCUT2D eigenvalue weighted by atomic mass is 9.71. The molecule has 4 aliphatic rings. The minimum absolute atomic E-state index is 0.111. The van der Waals surface area contributed by atoms with E-state index in [2.05, 4.69) is 11.4 Å². The molecule has 2 bridgehead atoms. The summed E-state index contributed by atoms with van der Waals surface area (Å²) in [7, 11) is 1.22. The summed E-state index contributed by atoms with van der Waals surface area (Å²) in [5.74, 6) is -4.77. The molecule has 232 valence electrons. The Labute approximate surface area is 241 Å². The number of methoxy groups -OCH3 is 1. The summed E-state index contributed by atoms with van der Waals surface area (Å²) >= 11 is 0. The highest BCUT2D eigenvalue weighted by Gasteiger charge is 2.74. The van der Waals surface area contributed by atoms with Crippen LogP contribution in [0.2, 0.25) is 0 Å². The number of nitrogens with one attached hydrogen (secondary N) is 1. The van der Waals surface area contributed by atoms with E-state index in [1.165, 1.54) is 7.11 Å². The lowest BCUT2D eigenvalue weighted by Crippen LogP contribution is -2.65. The number of allylic oxidation sites excluding steroid dienone is 2. The first-order valence-electron chi connectivity index (χ1n) is 14.6. The molecule has 0 spiro atoms. The van der Waals surface area contributed by atoms with Gasteiger partial charge in [-0.05, 0) is 40.0 Å². The van der Waals surface area contributed by atoms with Crippen LogP contribution in [0.5, 0.6) is 0 Å². The molecule has 0 aromatic rings. The van der Waals surface area contributed by atoms with Crippen LogP contribution in [0.3, 0.4) is 0 Å². The molecule has 1 amide bonds. The number of amides is 1. The summed E-state index contributed by atoms with van der Waals surface area (Å²) in [5.41, 5.74) is -2.21. The molecule has 11 atom stereocenters. The number of hydrogen-bond donors (Lipinski definition) is 5. The third-order valence-corrected chi connectivity index (χ3v) is 9.81. The van der Waals surface area contributed by atoms with Gasteiger partial charge >= 0.3 is 5.97 Å². The summed E-state index contributed by atoms with van der Waals surface area (Å²) in [5, 5.41) is 47.3. The summed E-state index contributed by atoms with van der Waals surface area (Å²) in [6.45, 7) is 10.6. The Balaban J connectivity index is 1.81. The highest BCUT2D eigenvalue weighted by atomic mass is 16.7. The molecule has 0 saturated carbocycles. The van der Waals surface area contributed by atoms with Crippen LogP contribution in [-0.2, 0) is 28.5 Å².